The molecule has 114 valence electrons. The van der Waals surface area contributed by atoms with Crippen LogP contribution in [-0.4, -0.2) is 28.0 Å². The van der Waals surface area contributed by atoms with Gasteiger partial charge in [-0.05, 0) is 49.0 Å². The van der Waals surface area contributed by atoms with Gasteiger partial charge in [0.05, 0.1) is 34.1 Å². The van der Waals surface area contributed by atoms with Crippen LogP contribution in [0.4, 0.5) is 0 Å². The molecule has 6 heteroatoms. The van der Waals surface area contributed by atoms with Crippen LogP contribution < -0.4 is 11.3 Å². The van der Waals surface area contributed by atoms with Gasteiger partial charge in [-0.2, -0.15) is 5.10 Å². The molecule has 1 aromatic heterocycles. The highest BCUT2D eigenvalue weighted by molar-refractivity contribution is 9.10. The lowest BCUT2D eigenvalue weighted by atomic mass is 10.0. The summed E-state index contributed by atoms with van der Waals surface area (Å²) in [6, 6.07) is 0.128. The number of nitrogens with one attached hydrogen (secondary N) is 1. The Bertz CT molecular complexity index is 449. The van der Waals surface area contributed by atoms with E-state index in [4.69, 9.17) is 10.6 Å². The molecule has 0 aliphatic carbocycles. The first-order valence-corrected chi connectivity index (χ1v) is 8.25. The van der Waals surface area contributed by atoms with E-state index < -0.39 is 0 Å². The highest BCUT2D eigenvalue weighted by Gasteiger charge is 2.30. The summed E-state index contributed by atoms with van der Waals surface area (Å²) >= 11 is 3.69. The average molecular weight is 345 g/mol. The van der Waals surface area contributed by atoms with Crippen LogP contribution in [0.15, 0.2) is 4.47 Å². The summed E-state index contributed by atoms with van der Waals surface area (Å²) in [4.78, 5) is 0. The van der Waals surface area contributed by atoms with Crippen molar-refractivity contribution in [2.75, 3.05) is 0 Å². The molecule has 2 heterocycles. The Morgan fingerprint density at radius 1 is 1.50 bits per heavy atom. The zero-order chi connectivity index (χ0) is 14.7. The molecule has 0 bridgehead atoms. The topological polar surface area (TPSA) is 65.1 Å². The number of aryl methyl sites for hydroxylation is 2. The first-order valence-electron chi connectivity index (χ1n) is 7.46. The summed E-state index contributed by atoms with van der Waals surface area (Å²) in [5, 5.41) is 4.64. The number of halogens is 1. The first-order chi connectivity index (χ1) is 9.60. The first kappa shape index (κ1) is 15.9. The number of hydrogen-bond acceptors (Lipinski definition) is 4. The van der Waals surface area contributed by atoms with Gasteiger partial charge in [-0.1, -0.05) is 6.92 Å². The number of ether oxygens (including phenoxy) is 1. The van der Waals surface area contributed by atoms with Crippen LogP contribution in [0.2, 0.25) is 0 Å². The highest BCUT2D eigenvalue weighted by atomic mass is 79.9. The molecule has 20 heavy (non-hydrogen) atoms. The smallest absolute Gasteiger partial charge is 0.0766 e. The Hall–Kier alpha value is -0.430. The van der Waals surface area contributed by atoms with E-state index in [9.17, 15) is 0 Å². The molecule has 3 atom stereocenters. The lowest BCUT2D eigenvalue weighted by Crippen LogP contribution is -2.45. The van der Waals surface area contributed by atoms with Gasteiger partial charge in [0.25, 0.3) is 0 Å². The average Bonchev–Trinajstić information content (AvgIpc) is 3.00. The quantitative estimate of drug-likeness (QED) is 0.613. The maximum absolute atomic E-state index is 5.95. The number of rotatable bonds is 6. The molecule has 5 nitrogen and oxygen atoms in total. The lowest BCUT2D eigenvalue weighted by Gasteiger charge is -2.23. The second-order valence-electron chi connectivity index (χ2n) is 5.42. The summed E-state index contributed by atoms with van der Waals surface area (Å²) in [6.07, 6.45) is 4.45. The molecule has 1 aromatic rings. The van der Waals surface area contributed by atoms with Gasteiger partial charge in [-0.3, -0.25) is 16.0 Å². The maximum Gasteiger partial charge on any atom is 0.0766 e. The Balaban J connectivity index is 2.16. The summed E-state index contributed by atoms with van der Waals surface area (Å²) in [6.45, 7) is 7.22. The van der Waals surface area contributed by atoms with E-state index in [2.05, 4.69) is 51.9 Å². The number of hydrazine groups is 1. The van der Waals surface area contributed by atoms with E-state index in [0.717, 1.165) is 42.4 Å². The van der Waals surface area contributed by atoms with Crippen LogP contribution in [0.25, 0.3) is 0 Å². The van der Waals surface area contributed by atoms with Gasteiger partial charge < -0.3 is 4.74 Å². The maximum atomic E-state index is 5.95. The van der Waals surface area contributed by atoms with Gasteiger partial charge in [0.1, 0.15) is 0 Å². The molecule has 3 N–H and O–H groups in total. The zero-order valence-corrected chi connectivity index (χ0v) is 14.1. The van der Waals surface area contributed by atoms with Crippen LogP contribution in [0.5, 0.6) is 0 Å². The van der Waals surface area contributed by atoms with E-state index in [0.29, 0.717) is 6.10 Å². The molecular weight excluding hydrogens is 320 g/mol. The Morgan fingerprint density at radius 2 is 2.25 bits per heavy atom. The van der Waals surface area contributed by atoms with Gasteiger partial charge >= 0.3 is 0 Å². The molecule has 0 radical (unpaired) electrons. The molecule has 0 saturated carbocycles. The molecule has 1 saturated heterocycles. The van der Waals surface area contributed by atoms with Gasteiger partial charge in [-0.25, -0.2) is 0 Å². The molecule has 3 unspecified atom stereocenters. The molecule has 0 amide bonds. The zero-order valence-electron chi connectivity index (χ0n) is 12.5. The van der Waals surface area contributed by atoms with Crippen molar-refractivity contribution in [3.05, 3.63) is 15.9 Å². The second-order valence-corrected chi connectivity index (χ2v) is 6.21. The van der Waals surface area contributed by atoms with E-state index in [1.807, 2.05) is 0 Å². The molecular formula is C14H25BrN4O. The van der Waals surface area contributed by atoms with Gasteiger partial charge in [-0.15, -0.1) is 0 Å². The van der Waals surface area contributed by atoms with Crippen molar-refractivity contribution in [3.63, 3.8) is 0 Å². The standard InChI is InChI=1S/C14H25BrN4O/c1-4-10-14(15)12(19(5-2)18-10)8-11(17-16)13-7-6-9(3)20-13/h9,11,13,17H,4-8,16H2,1-3H3. The number of nitrogens with zero attached hydrogens (tertiary/aromatic N) is 2. The third-order valence-corrected chi connectivity index (χ3v) is 4.95. The minimum Gasteiger partial charge on any atom is -0.374 e. The van der Waals surface area contributed by atoms with Gasteiger partial charge in [0.2, 0.25) is 0 Å². The summed E-state index contributed by atoms with van der Waals surface area (Å²) in [5.74, 6) is 5.75. The van der Waals surface area contributed by atoms with E-state index >= 15 is 0 Å². The molecule has 2 rings (SSSR count). The predicted molar refractivity (Wildman–Crippen MR) is 83.4 cm³/mol. The summed E-state index contributed by atoms with van der Waals surface area (Å²) in [5.41, 5.74) is 5.25. The monoisotopic (exact) mass is 344 g/mol. The normalized spacial score (nSPS) is 24.2. The van der Waals surface area contributed by atoms with Crippen LogP contribution in [0.1, 0.15) is 45.0 Å². The largest absolute Gasteiger partial charge is 0.374 e. The van der Waals surface area contributed by atoms with Crippen molar-refractivity contribution < 1.29 is 4.74 Å². The molecule has 0 aromatic carbocycles. The van der Waals surface area contributed by atoms with Crippen molar-refractivity contribution in [2.45, 2.75) is 71.2 Å². The minimum absolute atomic E-state index is 0.128. The fraction of sp³-hybridized carbons (Fsp3) is 0.786. The second kappa shape index (κ2) is 7.02. The third-order valence-electron chi connectivity index (χ3n) is 4.04. The van der Waals surface area contributed by atoms with Crippen molar-refractivity contribution in [1.29, 1.82) is 0 Å². The van der Waals surface area contributed by atoms with Gasteiger partial charge in [0.15, 0.2) is 0 Å². The van der Waals surface area contributed by atoms with E-state index in [1.54, 1.807) is 0 Å². The molecule has 1 aliphatic rings. The summed E-state index contributed by atoms with van der Waals surface area (Å²) < 4.78 is 9.13. The molecule has 1 fully saturated rings. The Morgan fingerprint density at radius 3 is 2.75 bits per heavy atom. The number of nitrogens with two attached hydrogens (primary N) is 1. The van der Waals surface area contributed by atoms with Crippen LogP contribution in [-0.2, 0) is 24.1 Å². The lowest BCUT2D eigenvalue weighted by molar-refractivity contribution is 0.0316. The fourth-order valence-electron chi connectivity index (χ4n) is 2.85. The highest BCUT2D eigenvalue weighted by Crippen LogP contribution is 2.27. The van der Waals surface area contributed by atoms with Crippen LogP contribution in [0, 0.1) is 0 Å². The molecule has 1 aliphatic heterocycles. The third kappa shape index (κ3) is 3.24. The number of hydrogen-bond donors (Lipinski definition) is 2. The van der Waals surface area contributed by atoms with E-state index in [-0.39, 0.29) is 12.1 Å². The van der Waals surface area contributed by atoms with Crippen LogP contribution in [0.3, 0.4) is 0 Å². The van der Waals surface area contributed by atoms with Gasteiger partial charge in [0, 0.05) is 13.0 Å². The predicted octanol–water partition coefficient (Wildman–Crippen LogP) is 2.17. The number of aromatic nitrogens is 2. The van der Waals surface area contributed by atoms with Crippen molar-refractivity contribution >= 4 is 15.9 Å². The SMILES string of the molecule is CCc1nn(CC)c(CC(NN)C2CCC(C)O2)c1Br. The fourth-order valence-corrected chi connectivity index (χ4v) is 3.57. The van der Waals surface area contributed by atoms with Crippen molar-refractivity contribution in [3.8, 4) is 0 Å². The Labute approximate surface area is 129 Å². The summed E-state index contributed by atoms with van der Waals surface area (Å²) in [7, 11) is 0. The van der Waals surface area contributed by atoms with Crippen molar-refractivity contribution in [1.82, 2.24) is 15.2 Å². The molecule has 0 spiro atoms. The van der Waals surface area contributed by atoms with E-state index in [1.165, 1.54) is 5.69 Å². The van der Waals surface area contributed by atoms with Crippen molar-refractivity contribution in [2.24, 2.45) is 5.84 Å². The van der Waals surface area contributed by atoms with Crippen LogP contribution >= 0.6 is 15.9 Å². The Kier molecular flexibility index (Phi) is 5.60. The minimum atomic E-state index is 0.128.